The van der Waals surface area contributed by atoms with Crippen molar-refractivity contribution in [3.8, 4) is 0 Å². The number of unbranched alkanes of at least 4 members (excludes halogenated alkanes) is 39. The first-order valence-corrected chi connectivity index (χ1v) is 32.8. The normalized spacial score (nSPS) is 18.8. The zero-order chi connectivity index (χ0) is 55.9. The molecule has 0 aromatic heterocycles. The minimum atomic E-state index is -1.58. The number of allylic oxidation sites excluding steroid dienone is 5. The average molecular weight is 1090 g/mol. The fourth-order valence-electron chi connectivity index (χ4n) is 10.3. The molecule has 0 saturated carbocycles. The lowest BCUT2D eigenvalue weighted by Crippen LogP contribution is -2.60. The van der Waals surface area contributed by atoms with Gasteiger partial charge in [-0.2, -0.15) is 0 Å². The summed E-state index contributed by atoms with van der Waals surface area (Å²) in [5.74, 6) is -0.200. The summed E-state index contributed by atoms with van der Waals surface area (Å²) < 4.78 is 16.7. The van der Waals surface area contributed by atoms with E-state index in [9.17, 15) is 35.1 Å². The molecule has 0 spiro atoms. The van der Waals surface area contributed by atoms with Crippen molar-refractivity contribution in [2.45, 2.75) is 352 Å². The van der Waals surface area contributed by atoms with Crippen LogP contribution < -0.4 is 5.32 Å². The molecule has 1 fully saturated rings. The Morgan fingerprint density at radius 2 is 0.844 bits per heavy atom. The SMILES string of the molecule is CCCCC/C=C/CC/C=C/C(O)C(COC1OC(CO)C(O)C(O)C1O)NC(=O)CCCCCCCCC/C=C\CCCCCCCCCCCCCOC(=O)CCCCCCCCCCCCCCCCCCCC. The Morgan fingerprint density at radius 3 is 1.31 bits per heavy atom. The Bertz CT molecular complexity index is 1370. The third-order valence-electron chi connectivity index (χ3n) is 15.5. The maximum absolute atomic E-state index is 13.0. The van der Waals surface area contributed by atoms with Crippen molar-refractivity contribution in [2.75, 3.05) is 19.8 Å². The van der Waals surface area contributed by atoms with Crippen molar-refractivity contribution < 1.29 is 49.3 Å². The topological polar surface area (TPSA) is 175 Å². The van der Waals surface area contributed by atoms with Crippen LogP contribution in [-0.4, -0.2) is 100 Å². The van der Waals surface area contributed by atoms with E-state index in [1.54, 1.807) is 6.08 Å². The molecule has 1 saturated heterocycles. The molecule has 0 radical (unpaired) electrons. The van der Waals surface area contributed by atoms with E-state index in [-0.39, 0.29) is 18.5 Å². The lowest BCUT2D eigenvalue weighted by atomic mass is 9.99. The first-order chi connectivity index (χ1) is 37.7. The van der Waals surface area contributed by atoms with Gasteiger partial charge in [-0.25, -0.2) is 0 Å². The summed E-state index contributed by atoms with van der Waals surface area (Å²) in [7, 11) is 0. The molecule has 11 heteroatoms. The van der Waals surface area contributed by atoms with Crippen LogP contribution in [0, 0.1) is 0 Å². The molecule has 77 heavy (non-hydrogen) atoms. The maximum atomic E-state index is 13.0. The van der Waals surface area contributed by atoms with E-state index in [1.165, 1.54) is 212 Å². The van der Waals surface area contributed by atoms with Gasteiger partial charge in [0.05, 0.1) is 32.0 Å². The smallest absolute Gasteiger partial charge is 0.305 e. The quantitative estimate of drug-likeness (QED) is 0.0195. The van der Waals surface area contributed by atoms with E-state index in [4.69, 9.17) is 14.2 Å². The van der Waals surface area contributed by atoms with Gasteiger partial charge in [-0.3, -0.25) is 9.59 Å². The van der Waals surface area contributed by atoms with Crippen LogP contribution in [0.25, 0.3) is 0 Å². The second-order valence-corrected chi connectivity index (χ2v) is 22.8. The Labute approximate surface area is 473 Å². The Balaban J connectivity index is 1.96. The highest BCUT2D eigenvalue weighted by atomic mass is 16.7. The van der Waals surface area contributed by atoms with Gasteiger partial charge in [0.2, 0.25) is 5.91 Å². The summed E-state index contributed by atoms with van der Waals surface area (Å²) in [5.41, 5.74) is 0. The van der Waals surface area contributed by atoms with Crippen molar-refractivity contribution in [1.82, 2.24) is 5.32 Å². The fraction of sp³-hybridized carbons (Fsp3) is 0.879. The van der Waals surface area contributed by atoms with E-state index in [0.717, 1.165) is 70.6 Å². The van der Waals surface area contributed by atoms with Gasteiger partial charge in [-0.05, 0) is 70.6 Å². The van der Waals surface area contributed by atoms with E-state index in [0.29, 0.717) is 19.4 Å². The molecule has 11 nitrogen and oxygen atoms in total. The van der Waals surface area contributed by atoms with Crippen LogP contribution in [-0.2, 0) is 23.8 Å². The van der Waals surface area contributed by atoms with E-state index in [2.05, 4.69) is 43.5 Å². The van der Waals surface area contributed by atoms with Crippen molar-refractivity contribution in [3.63, 3.8) is 0 Å². The molecule has 0 aromatic carbocycles. The first-order valence-electron chi connectivity index (χ1n) is 32.8. The summed E-state index contributed by atoms with van der Waals surface area (Å²) in [6, 6.07) is -0.831. The number of hydrogen-bond donors (Lipinski definition) is 6. The predicted molar refractivity (Wildman–Crippen MR) is 320 cm³/mol. The van der Waals surface area contributed by atoms with Crippen LogP contribution in [0.15, 0.2) is 36.5 Å². The summed E-state index contributed by atoms with van der Waals surface area (Å²) in [5, 5.41) is 54.2. The predicted octanol–water partition coefficient (Wildman–Crippen LogP) is 15.8. The first kappa shape index (κ1) is 72.9. The standard InChI is InChI=1S/C66H123NO10/c1-3-5-7-9-11-13-14-15-16-17-25-28-31-34-38-42-46-50-54-62(71)75-55-51-47-43-39-35-32-29-26-23-21-19-18-20-22-24-27-30-33-37-41-45-49-53-61(70)67-58(59(69)52-48-44-40-36-12-10-8-6-4-2)57-76-66-65(74)64(73)63(72)60(56-68)77-66/h12,20,22,36,48,52,58-60,63-66,68-69,72-74H,3-11,13-19,21,23-35,37-47,49-51,53-57H2,1-2H3,(H,67,70)/b22-20-,36-12+,52-48+. The number of rotatable bonds is 57. The molecule has 1 amide bonds. The number of amides is 1. The Hall–Kier alpha value is -2.12. The number of carbonyl (C=O) groups is 2. The number of ether oxygens (including phenoxy) is 3. The van der Waals surface area contributed by atoms with Crippen LogP contribution in [0.4, 0.5) is 0 Å². The fourth-order valence-corrected chi connectivity index (χ4v) is 10.3. The van der Waals surface area contributed by atoms with Crippen molar-refractivity contribution >= 4 is 11.9 Å². The molecule has 1 aliphatic rings. The third-order valence-corrected chi connectivity index (χ3v) is 15.5. The van der Waals surface area contributed by atoms with Gasteiger partial charge >= 0.3 is 5.97 Å². The second-order valence-electron chi connectivity index (χ2n) is 22.8. The van der Waals surface area contributed by atoms with Gasteiger partial charge in [-0.1, -0.05) is 262 Å². The van der Waals surface area contributed by atoms with Crippen LogP contribution in [0.1, 0.15) is 309 Å². The molecule has 1 rings (SSSR count). The Kier molecular flexibility index (Phi) is 52.8. The Morgan fingerprint density at radius 1 is 0.468 bits per heavy atom. The molecule has 7 unspecified atom stereocenters. The summed E-state index contributed by atoms with van der Waals surface area (Å²) in [6.45, 7) is 4.29. The maximum Gasteiger partial charge on any atom is 0.305 e. The minimum Gasteiger partial charge on any atom is -0.466 e. The van der Waals surface area contributed by atoms with E-state index in [1.807, 2.05) is 6.08 Å². The third kappa shape index (κ3) is 45.2. The van der Waals surface area contributed by atoms with Gasteiger partial charge in [0.1, 0.15) is 24.4 Å². The number of hydrogen-bond acceptors (Lipinski definition) is 10. The minimum absolute atomic E-state index is 0.00143. The monoisotopic (exact) mass is 1090 g/mol. The average Bonchev–Trinajstić information content (AvgIpc) is 3.43. The lowest BCUT2D eigenvalue weighted by molar-refractivity contribution is -0.302. The molecule has 0 aliphatic carbocycles. The molecule has 6 N–H and O–H groups in total. The highest BCUT2D eigenvalue weighted by Gasteiger charge is 2.44. The lowest BCUT2D eigenvalue weighted by Gasteiger charge is -2.40. The van der Waals surface area contributed by atoms with Crippen molar-refractivity contribution in [1.29, 1.82) is 0 Å². The highest BCUT2D eigenvalue weighted by Crippen LogP contribution is 2.23. The molecule has 1 heterocycles. The zero-order valence-corrected chi connectivity index (χ0v) is 49.9. The molecular formula is C66H123NO10. The van der Waals surface area contributed by atoms with Gasteiger partial charge in [0.15, 0.2) is 6.29 Å². The van der Waals surface area contributed by atoms with Crippen LogP contribution in [0.2, 0.25) is 0 Å². The zero-order valence-electron chi connectivity index (χ0n) is 49.9. The van der Waals surface area contributed by atoms with Gasteiger partial charge in [0.25, 0.3) is 0 Å². The van der Waals surface area contributed by atoms with Gasteiger partial charge < -0.3 is 45.1 Å². The summed E-state index contributed by atoms with van der Waals surface area (Å²) >= 11 is 0. The van der Waals surface area contributed by atoms with Crippen LogP contribution in [0.3, 0.4) is 0 Å². The number of esters is 1. The van der Waals surface area contributed by atoms with Crippen molar-refractivity contribution in [3.05, 3.63) is 36.5 Å². The molecule has 0 bridgehead atoms. The van der Waals surface area contributed by atoms with Crippen molar-refractivity contribution in [2.24, 2.45) is 0 Å². The van der Waals surface area contributed by atoms with Gasteiger partial charge in [-0.15, -0.1) is 0 Å². The molecule has 452 valence electrons. The second kappa shape index (κ2) is 55.8. The largest absolute Gasteiger partial charge is 0.466 e. The summed E-state index contributed by atoms with van der Waals surface area (Å²) in [4.78, 5) is 25.1. The molecular weight excluding hydrogens is 967 g/mol. The molecule has 0 aromatic rings. The van der Waals surface area contributed by atoms with E-state index < -0.39 is 49.5 Å². The molecule has 1 aliphatic heterocycles. The number of carbonyl (C=O) groups excluding carboxylic acids is 2. The van der Waals surface area contributed by atoms with E-state index >= 15 is 0 Å². The highest BCUT2D eigenvalue weighted by molar-refractivity contribution is 5.76. The van der Waals surface area contributed by atoms with Crippen LogP contribution >= 0.6 is 0 Å². The molecule has 7 atom stereocenters. The van der Waals surface area contributed by atoms with Crippen LogP contribution in [0.5, 0.6) is 0 Å². The summed E-state index contributed by atoms with van der Waals surface area (Å²) in [6.07, 6.45) is 59.9. The number of aliphatic hydroxyl groups excluding tert-OH is 5. The number of nitrogens with one attached hydrogen (secondary N) is 1. The number of aliphatic hydroxyl groups is 5. The van der Waals surface area contributed by atoms with Gasteiger partial charge in [0, 0.05) is 12.8 Å².